The maximum Gasteiger partial charge on any atom is 0.407 e. The predicted molar refractivity (Wildman–Crippen MR) is 59.5 cm³/mol. The van der Waals surface area contributed by atoms with Gasteiger partial charge in [0.2, 0.25) is 0 Å². The lowest BCUT2D eigenvalue weighted by molar-refractivity contribution is -0.165. The second-order valence-corrected chi connectivity index (χ2v) is 4.32. The Bertz CT molecular complexity index is 439. The van der Waals surface area contributed by atoms with Crippen molar-refractivity contribution in [3.63, 3.8) is 0 Å². The summed E-state index contributed by atoms with van der Waals surface area (Å²) in [7, 11) is 0. The van der Waals surface area contributed by atoms with Crippen molar-refractivity contribution in [2.45, 2.75) is 13.1 Å². The lowest BCUT2D eigenvalue weighted by Crippen LogP contribution is -2.27. The van der Waals surface area contributed by atoms with Crippen molar-refractivity contribution >= 4 is 15.9 Å². The summed E-state index contributed by atoms with van der Waals surface area (Å²) in [5.41, 5.74) is 0.955. The molecule has 1 unspecified atom stereocenters. The van der Waals surface area contributed by atoms with E-state index in [0.717, 1.165) is 5.56 Å². The van der Waals surface area contributed by atoms with Crippen molar-refractivity contribution in [3.05, 3.63) is 28.2 Å². The Balaban J connectivity index is 2.71. The number of ether oxygens (including phenoxy) is 1. The van der Waals surface area contributed by atoms with Gasteiger partial charge in [-0.2, -0.15) is 18.4 Å². The highest BCUT2D eigenvalue weighted by atomic mass is 79.9. The molecule has 17 heavy (non-hydrogen) atoms. The van der Waals surface area contributed by atoms with E-state index in [1.807, 2.05) is 6.92 Å². The average Bonchev–Trinajstić information content (AvgIpc) is 2.19. The molecular formula is C11H9BrF3NO. The molecule has 1 aromatic carbocycles. The molecule has 0 heterocycles. The Kier molecular flexibility index (Phi) is 4.40. The molecule has 1 rings (SSSR count). The van der Waals surface area contributed by atoms with Crippen LogP contribution in [0.25, 0.3) is 0 Å². The fraction of sp³-hybridized carbons (Fsp3) is 0.364. The molecule has 0 bridgehead atoms. The standard InChI is InChI=1S/C11H9BrF3NO/c1-7-2-3-10(9(12)4-7)17-6-8(5-16)11(13,14)15/h2-4,8H,6H2,1H3. The Morgan fingerprint density at radius 2 is 2.12 bits per heavy atom. The van der Waals surface area contributed by atoms with Gasteiger partial charge in [-0.05, 0) is 40.5 Å². The fourth-order valence-electron chi connectivity index (χ4n) is 1.10. The first-order valence-corrected chi connectivity index (χ1v) is 5.49. The largest absolute Gasteiger partial charge is 0.491 e. The van der Waals surface area contributed by atoms with E-state index >= 15 is 0 Å². The smallest absolute Gasteiger partial charge is 0.407 e. The molecule has 0 aliphatic carbocycles. The molecule has 2 nitrogen and oxygen atoms in total. The SMILES string of the molecule is Cc1ccc(OCC(C#N)C(F)(F)F)c(Br)c1. The highest BCUT2D eigenvalue weighted by Crippen LogP contribution is 2.29. The molecule has 0 spiro atoms. The van der Waals surface area contributed by atoms with E-state index in [1.165, 1.54) is 6.07 Å². The number of rotatable bonds is 3. The first-order valence-electron chi connectivity index (χ1n) is 4.70. The number of hydrogen-bond acceptors (Lipinski definition) is 2. The van der Waals surface area contributed by atoms with Gasteiger partial charge in [0, 0.05) is 0 Å². The van der Waals surface area contributed by atoms with E-state index in [9.17, 15) is 13.2 Å². The van der Waals surface area contributed by atoms with Crippen LogP contribution in [-0.4, -0.2) is 12.8 Å². The third kappa shape index (κ3) is 3.93. The van der Waals surface area contributed by atoms with Crippen molar-refractivity contribution in [3.8, 4) is 11.8 Å². The van der Waals surface area contributed by atoms with Gasteiger partial charge in [0.1, 0.15) is 12.4 Å². The molecule has 0 radical (unpaired) electrons. The zero-order chi connectivity index (χ0) is 13.1. The van der Waals surface area contributed by atoms with Crippen LogP contribution in [0.1, 0.15) is 5.56 Å². The predicted octanol–water partition coefficient (Wildman–Crippen LogP) is 3.84. The minimum atomic E-state index is -4.56. The molecule has 0 aliphatic rings. The van der Waals surface area contributed by atoms with E-state index in [-0.39, 0.29) is 0 Å². The van der Waals surface area contributed by atoms with Gasteiger partial charge in [-0.15, -0.1) is 0 Å². The molecule has 0 N–H and O–H groups in total. The van der Waals surface area contributed by atoms with Crippen LogP contribution in [0.2, 0.25) is 0 Å². The molecular weight excluding hydrogens is 299 g/mol. The van der Waals surface area contributed by atoms with E-state index in [2.05, 4.69) is 15.9 Å². The maximum atomic E-state index is 12.3. The van der Waals surface area contributed by atoms with Crippen LogP contribution < -0.4 is 4.74 Å². The summed E-state index contributed by atoms with van der Waals surface area (Å²) in [6.45, 7) is 1.14. The number of nitriles is 1. The first-order chi connectivity index (χ1) is 7.84. The normalized spacial score (nSPS) is 12.9. The van der Waals surface area contributed by atoms with Crippen LogP contribution in [0.4, 0.5) is 13.2 Å². The summed E-state index contributed by atoms with van der Waals surface area (Å²) in [5.74, 6) is -1.82. The number of nitrogens with zero attached hydrogens (tertiary/aromatic N) is 1. The highest BCUT2D eigenvalue weighted by molar-refractivity contribution is 9.10. The zero-order valence-electron chi connectivity index (χ0n) is 8.88. The molecule has 6 heteroatoms. The van der Waals surface area contributed by atoms with Crippen LogP contribution in [0.5, 0.6) is 5.75 Å². The van der Waals surface area contributed by atoms with E-state index in [1.54, 1.807) is 18.2 Å². The first kappa shape index (κ1) is 13.8. The fourth-order valence-corrected chi connectivity index (χ4v) is 1.71. The third-order valence-corrected chi connectivity index (χ3v) is 2.66. The van der Waals surface area contributed by atoms with Crippen LogP contribution in [-0.2, 0) is 0 Å². The Labute approximate surface area is 105 Å². The van der Waals surface area contributed by atoms with Crippen LogP contribution >= 0.6 is 15.9 Å². The van der Waals surface area contributed by atoms with Crippen LogP contribution in [0.15, 0.2) is 22.7 Å². The van der Waals surface area contributed by atoms with Crippen LogP contribution in [0, 0.1) is 24.2 Å². The van der Waals surface area contributed by atoms with Gasteiger partial charge in [-0.1, -0.05) is 6.07 Å². The molecule has 0 saturated heterocycles. The molecule has 1 atom stereocenters. The number of hydrogen-bond donors (Lipinski definition) is 0. The van der Waals surface area contributed by atoms with E-state index < -0.39 is 18.7 Å². The van der Waals surface area contributed by atoms with Crippen LogP contribution in [0.3, 0.4) is 0 Å². The second-order valence-electron chi connectivity index (χ2n) is 3.47. The number of halogens is 4. The van der Waals surface area contributed by atoms with Gasteiger partial charge in [0.05, 0.1) is 10.5 Å². The zero-order valence-corrected chi connectivity index (χ0v) is 10.5. The van der Waals surface area contributed by atoms with Gasteiger partial charge >= 0.3 is 6.18 Å². The average molecular weight is 308 g/mol. The number of aryl methyl sites for hydroxylation is 1. The Morgan fingerprint density at radius 1 is 1.47 bits per heavy atom. The number of alkyl halides is 3. The molecule has 92 valence electrons. The van der Waals surface area contributed by atoms with E-state index in [0.29, 0.717) is 10.2 Å². The second kappa shape index (κ2) is 5.41. The van der Waals surface area contributed by atoms with E-state index in [4.69, 9.17) is 10.00 Å². The summed E-state index contributed by atoms with van der Waals surface area (Å²) in [4.78, 5) is 0. The lowest BCUT2D eigenvalue weighted by atomic mass is 10.2. The van der Waals surface area contributed by atoms with Crippen molar-refractivity contribution in [2.75, 3.05) is 6.61 Å². The summed E-state index contributed by atoms with van der Waals surface area (Å²) < 4.78 is 42.4. The number of benzene rings is 1. The van der Waals surface area contributed by atoms with Crippen molar-refractivity contribution in [1.82, 2.24) is 0 Å². The van der Waals surface area contributed by atoms with Gasteiger partial charge in [0.25, 0.3) is 0 Å². The minimum Gasteiger partial charge on any atom is -0.491 e. The highest BCUT2D eigenvalue weighted by Gasteiger charge is 2.40. The van der Waals surface area contributed by atoms with Crippen molar-refractivity contribution in [1.29, 1.82) is 5.26 Å². The molecule has 0 amide bonds. The monoisotopic (exact) mass is 307 g/mol. The third-order valence-electron chi connectivity index (χ3n) is 2.04. The summed E-state index contributed by atoms with van der Waals surface area (Å²) in [5, 5.41) is 8.39. The summed E-state index contributed by atoms with van der Waals surface area (Å²) >= 11 is 3.18. The van der Waals surface area contributed by atoms with Gasteiger partial charge in [-0.25, -0.2) is 0 Å². The van der Waals surface area contributed by atoms with Gasteiger partial charge in [0.15, 0.2) is 5.92 Å². The lowest BCUT2D eigenvalue weighted by Gasteiger charge is -2.15. The summed E-state index contributed by atoms with van der Waals surface area (Å²) in [6.07, 6.45) is -4.56. The Hall–Kier alpha value is -1.22. The topological polar surface area (TPSA) is 33.0 Å². The quantitative estimate of drug-likeness (QED) is 0.850. The van der Waals surface area contributed by atoms with Crippen molar-refractivity contribution < 1.29 is 17.9 Å². The molecule has 1 aromatic rings. The minimum absolute atomic E-state index is 0.292. The van der Waals surface area contributed by atoms with Gasteiger partial charge < -0.3 is 4.74 Å². The molecule has 0 aliphatic heterocycles. The maximum absolute atomic E-state index is 12.3. The molecule has 0 aromatic heterocycles. The van der Waals surface area contributed by atoms with Crippen molar-refractivity contribution in [2.24, 2.45) is 5.92 Å². The Morgan fingerprint density at radius 3 is 2.59 bits per heavy atom. The molecule has 0 saturated carbocycles. The van der Waals surface area contributed by atoms with Gasteiger partial charge in [-0.3, -0.25) is 0 Å². The molecule has 0 fully saturated rings. The summed E-state index contributed by atoms with van der Waals surface area (Å²) in [6, 6.07) is 6.18.